The molecule has 1 unspecified atom stereocenters. The van der Waals surface area contributed by atoms with Crippen LogP contribution < -0.4 is 26.4 Å². The fourth-order valence-corrected chi connectivity index (χ4v) is 3.85. The molecule has 0 radical (unpaired) electrons. The fourth-order valence-electron chi connectivity index (χ4n) is 3.74. The lowest BCUT2D eigenvalue weighted by Gasteiger charge is -2.18. The van der Waals surface area contributed by atoms with Crippen molar-refractivity contribution < 1.29 is 18.8 Å². The number of rotatable bonds is 9. The van der Waals surface area contributed by atoms with Crippen molar-refractivity contribution in [3.05, 3.63) is 77.1 Å². The van der Waals surface area contributed by atoms with Crippen molar-refractivity contribution in [2.45, 2.75) is 32.3 Å². The molecule has 186 valence electrons. The van der Waals surface area contributed by atoms with Crippen molar-refractivity contribution in [1.29, 1.82) is 5.26 Å². The lowest BCUT2D eigenvalue weighted by Crippen LogP contribution is -2.45. The number of aryl methyl sites for hydroxylation is 1. The molecule has 0 aromatic heterocycles. The van der Waals surface area contributed by atoms with E-state index in [9.17, 15) is 10.5 Å². The molecule has 1 fully saturated rings. The number of anilines is 1. The first-order valence-corrected chi connectivity index (χ1v) is 12.0. The molecule has 0 saturated heterocycles. The van der Waals surface area contributed by atoms with Crippen LogP contribution in [0.2, 0.25) is 0 Å². The number of nitrogens with one attached hydrogen (secondary N) is 1. The van der Waals surface area contributed by atoms with Gasteiger partial charge in [0.25, 0.3) is 0 Å². The highest BCUT2D eigenvalue weighted by Gasteiger charge is 2.26. The number of nitrogen functional groups attached to an aromatic ring is 1. The Morgan fingerprint density at radius 3 is 2.44 bits per heavy atom. The number of hydroxylamine groups is 1. The Kier molecular flexibility index (Phi) is 7.31. The van der Waals surface area contributed by atoms with E-state index in [1.165, 1.54) is 7.05 Å². The zero-order valence-electron chi connectivity index (χ0n) is 20.2. The van der Waals surface area contributed by atoms with Gasteiger partial charge in [-0.15, -0.1) is 0 Å². The highest BCUT2D eigenvalue weighted by molar-refractivity contribution is 7.74. The van der Waals surface area contributed by atoms with Gasteiger partial charge < -0.3 is 20.9 Å². The minimum absolute atomic E-state index is 0.217. The number of benzene rings is 3. The molecular weight excluding hydrogens is 474 g/mol. The second kappa shape index (κ2) is 10.4. The minimum atomic E-state index is -0.801. The molecule has 0 amide bonds. The summed E-state index contributed by atoms with van der Waals surface area (Å²) in [6, 6.07) is 19.2. The molecule has 1 atom stereocenters. The van der Waals surface area contributed by atoms with Crippen LogP contribution in [0.1, 0.15) is 36.5 Å². The molecular formula is C27H30N5O3S+. The maximum Gasteiger partial charge on any atom is 0.150 e. The number of hydrogen-bond acceptors (Lipinski definition) is 8. The molecule has 0 spiro atoms. The van der Waals surface area contributed by atoms with Crippen LogP contribution in [0.5, 0.6) is 17.2 Å². The molecule has 0 bridgehead atoms. The van der Waals surface area contributed by atoms with Crippen molar-refractivity contribution in [3.8, 4) is 34.4 Å². The molecule has 1 saturated carbocycles. The molecule has 4 rings (SSSR count). The SMILES string of the molecule is CCc1cc(Oc2ccc(-c3ccc(/C=C(\N)N[N+](C)(O)S)c(N)c3)cc2)cc(C#N)c1OC1CC1. The topological polar surface area (TPSA) is 127 Å². The summed E-state index contributed by atoms with van der Waals surface area (Å²) >= 11 is 3.93. The lowest BCUT2D eigenvalue weighted by molar-refractivity contribution is -1.01. The summed E-state index contributed by atoms with van der Waals surface area (Å²) in [6.45, 7) is 2.04. The van der Waals surface area contributed by atoms with E-state index in [1.807, 2.05) is 55.5 Å². The van der Waals surface area contributed by atoms with Crippen molar-refractivity contribution in [2.24, 2.45) is 5.73 Å². The molecule has 3 aromatic carbocycles. The summed E-state index contributed by atoms with van der Waals surface area (Å²) in [6.07, 6.45) is 4.66. The first kappa shape index (κ1) is 25.3. The number of quaternary nitrogens is 1. The van der Waals surface area contributed by atoms with Gasteiger partial charge in [0.05, 0.1) is 11.7 Å². The van der Waals surface area contributed by atoms with Crippen LogP contribution in [0.15, 0.2) is 60.4 Å². The Hall–Kier alpha value is -3.84. The molecule has 9 heteroatoms. The maximum absolute atomic E-state index is 9.65. The molecule has 1 aliphatic rings. The summed E-state index contributed by atoms with van der Waals surface area (Å²) in [7, 11) is 1.41. The predicted octanol–water partition coefficient (Wildman–Crippen LogP) is 5.15. The summed E-state index contributed by atoms with van der Waals surface area (Å²) in [4.78, 5) is 0. The predicted molar refractivity (Wildman–Crippen MR) is 143 cm³/mol. The van der Waals surface area contributed by atoms with Gasteiger partial charge in [-0.05, 0) is 70.5 Å². The van der Waals surface area contributed by atoms with Crippen molar-refractivity contribution >= 4 is 24.6 Å². The van der Waals surface area contributed by atoms with Crippen LogP contribution in [0.25, 0.3) is 17.2 Å². The Bertz CT molecular complexity index is 1320. The average molecular weight is 505 g/mol. The average Bonchev–Trinajstić information content (AvgIpc) is 3.64. The van der Waals surface area contributed by atoms with Crippen molar-refractivity contribution in [3.63, 3.8) is 0 Å². The summed E-state index contributed by atoms with van der Waals surface area (Å²) < 4.78 is 11.2. The molecule has 1 aliphatic carbocycles. The molecule has 0 aliphatic heterocycles. The summed E-state index contributed by atoms with van der Waals surface area (Å²) in [5.41, 5.74) is 19.3. The Labute approximate surface area is 216 Å². The van der Waals surface area contributed by atoms with Gasteiger partial charge in [-0.25, -0.2) is 0 Å². The third-order valence-corrected chi connectivity index (χ3v) is 5.71. The number of nitrogens with two attached hydrogens (primary N) is 2. The standard InChI is InChI=1S/C27H30N5O3S/c1-3-17-12-24(13-21(16-28)27(17)35-23-10-11-23)34-22-8-6-18(7-9-22)19-4-5-20(25(29)14-19)15-26(30)31-32(2,33)36/h4-9,12-15,23,31,33,36H,3,10-11,29-30H2,1-2H3/q+1/b26-15+. The molecule has 3 aromatic rings. The van der Waals surface area contributed by atoms with E-state index in [0.717, 1.165) is 36.0 Å². The minimum Gasteiger partial charge on any atom is -0.489 e. The molecule has 6 N–H and O–H groups in total. The Balaban J connectivity index is 1.50. The zero-order chi connectivity index (χ0) is 25.9. The van der Waals surface area contributed by atoms with Crippen LogP contribution in [-0.2, 0) is 6.42 Å². The van der Waals surface area contributed by atoms with Gasteiger partial charge in [-0.3, -0.25) is 0 Å². The number of thiol groups is 1. The normalized spacial score (nSPS) is 15.0. The monoisotopic (exact) mass is 504 g/mol. The van der Waals surface area contributed by atoms with Gasteiger partial charge in [0.2, 0.25) is 0 Å². The summed E-state index contributed by atoms with van der Waals surface area (Å²) in [5.74, 6) is 2.15. The second-order valence-electron chi connectivity index (χ2n) is 8.84. The van der Waals surface area contributed by atoms with E-state index in [2.05, 4.69) is 24.3 Å². The third-order valence-electron chi connectivity index (χ3n) is 5.61. The van der Waals surface area contributed by atoms with Crippen molar-refractivity contribution in [1.82, 2.24) is 5.43 Å². The van der Waals surface area contributed by atoms with Gasteiger partial charge in [-0.1, -0.05) is 31.2 Å². The summed E-state index contributed by atoms with van der Waals surface area (Å²) in [5, 5.41) is 19.3. The Morgan fingerprint density at radius 1 is 1.17 bits per heavy atom. The number of nitrogens with zero attached hydrogens (tertiary/aromatic N) is 2. The zero-order valence-corrected chi connectivity index (χ0v) is 21.1. The van der Waals surface area contributed by atoms with E-state index < -0.39 is 4.16 Å². The maximum atomic E-state index is 9.65. The van der Waals surface area contributed by atoms with Gasteiger partial charge >= 0.3 is 0 Å². The van der Waals surface area contributed by atoms with Gasteiger partial charge in [0, 0.05) is 17.3 Å². The van der Waals surface area contributed by atoms with E-state index >= 15 is 0 Å². The van der Waals surface area contributed by atoms with Crippen LogP contribution in [0.3, 0.4) is 0 Å². The van der Waals surface area contributed by atoms with Crippen LogP contribution in [-0.4, -0.2) is 22.5 Å². The van der Waals surface area contributed by atoms with E-state index in [-0.39, 0.29) is 11.9 Å². The number of hydrogen-bond donors (Lipinski definition) is 5. The molecule has 0 heterocycles. The van der Waals surface area contributed by atoms with Crippen LogP contribution >= 0.6 is 12.8 Å². The number of ether oxygens (including phenoxy) is 2. The van der Waals surface area contributed by atoms with Crippen molar-refractivity contribution in [2.75, 3.05) is 12.8 Å². The highest BCUT2D eigenvalue weighted by Crippen LogP contribution is 2.36. The third kappa shape index (κ3) is 6.43. The van der Waals surface area contributed by atoms with E-state index in [0.29, 0.717) is 34.1 Å². The first-order chi connectivity index (χ1) is 17.1. The Morgan fingerprint density at radius 2 is 1.86 bits per heavy atom. The first-order valence-electron chi connectivity index (χ1n) is 11.6. The van der Waals surface area contributed by atoms with Gasteiger partial charge in [-0.2, -0.15) is 15.9 Å². The van der Waals surface area contributed by atoms with E-state index in [4.69, 9.17) is 20.9 Å². The smallest absolute Gasteiger partial charge is 0.150 e. The molecule has 36 heavy (non-hydrogen) atoms. The fraction of sp³-hybridized carbons (Fsp3) is 0.222. The lowest BCUT2D eigenvalue weighted by atomic mass is 10.0. The highest BCUT2D eigenvalue weighted by atomic mass is 32.1. The second-order valence-corrected chi connectivity index (χ2v) is 9.62. The van der Waals surface area contributed by atoms with Gasteiger partial charge in [0.15, 0.2) is 5.82 Å². The largest absolute Gasteiger partial charge is 0.489 e. The number of nitriles is 1. The van der Waals surface area contributed by atoms with Crippen LogP contribution in [0.4, 0.5) is 5.69 Å². The van der Waals surface area contributed by atoms with Gasteiger partial charge in [0.1, 0.15) is 43.2 Å². The van der Waals surface area contributed by atoms with E-state index in [1.54, 1.807) is 12.1 Å². The quantitative estimate of drug-likeness (QED) is 0.118. The molecule has 8 nitrogen and oxygen atoms in total. The van der Waals surface area contributed by atoms with Crippen LogP contribution in [0, 0.1) is 11.3 Å².